The summed E-state index contributed by atoms with van der Waals surface area (Å²) in [6.45, 7) is 11.8. The average molecular weight is 814 g/mol. The van der Waals surface area contributed by atoms with Crippen molar-refractivity contribution < 1.29 is 72.4 Å². The highest BCUT2D eigenvalue weighted by molar-refractivity contribution is 5.72. The fourth-order valence-electron chi connectivity index (χ4n) is 7.82. The smallest absolute Gasteiger partial charge is 0.309 e. The van der Waals surface area contributed by atoms with Gasteiger partial charge in [-0.25, -0.2) is 0 Å². The zero-order chi connectivity index (χ0) is 42.6. The van der Waals surface area contributed by atoms with Crippen LogP contribution in [0, 0.1) is 11.8 Å². The zero-order valence-electron chi connectivity index (χ0n) is 35.2. The summed E-state index contributed by atoms with van der Waals surface area (Å²) < 4.78 is 48.5. The standard InChI is InChI=1S/C41H67NO15/c1-11-30(45)54-29-21-32(47)51-24(4)16-14-13-15-17-28(44)23(3)20-27(18-19-43)37(38(29)50-10)57-40-35(48)34(42(8)9)36(25(5)53-40)56-33-22-41(7,49)39(26(6)52-33)55-31(46)12-2/h13-15,17,19,23-29,33-40,44,48-49H,11-12,16,18,20-22H2,1-10H3/t23-,24-,25?,26?,27+,28-,29-,33?,34?,35?,36?,37+,38+,39?,40?,41?/m1/s1. The molecule has 3 rings (SSSR count). The Hall–Kier alpha value is -2.80. The minimum Gasteiger partial charge on any atom is -0.462 e. The van der Waals surface area contributed by atoms with Crippen LogP contribution in [-0.4, -0.2) is 151 Å². The largest absolute Gasteiger partial charge is 0.462 e. The van der Waals surface area contributed by atoms with Crippen molar-refractivity contribution in [3.8, 4) is 0 Å². The van der Waals surface area contributed by atoms with E-state index in [-0.39, 0.29) is 32.1 Å². The number of ether oxygens (including phenoxy) is 8. The molecule has 57 heavy (non-hydrogen) atoms. The number of allylic oxidation sites excluding steroid dienone is 2. The van der Waals surface area contributed by atoms with Crippen LogP contribution < -0.4 is 0 Å². The van der Waals surface area contributed by atoms with E-state index in [9.17, 15) is 34.5 Å². The fraction of sp³-hybridized carbons (Fsp3) is 0.805. The highest BCUT2D eigenvalue weighted by Gasteiger charge is 2.53. The molecule has 0 aromatic heterocycles. The van der Waals surface area contributed by atoms with Crippen molar-refractivity contribution in [1.29, 1.82) is 0 Å². The van der Waals surface area contributed by atoms with Gasteiger partial charge in [-0.05, 0) is 60.0 Å². The lowest BCUT2D eigenvalue weighted by Crippen LogP contribution is -2.66. The van der Waals surface area contributed by atoms with E-state index in [0.717, 1.165) is 0 Å². The van der Waals surface area contributed by atoms with Crippen LogP contribution in [0.2, 0.25) is 0 Å². The average Bonchev–Trinajstić information content (AvgIpc) is 3.13. The van der Waals surface area contributed by atoms with E-state index in [1.54, 1.807) is 78.8 Å². The summed E-state index contributed by atoms with van der Waals surface area (Å²) in [6, 6.07) is -0.779. The number of hydrogen-bond donors (Lipinski definition) is 3. The van der Waals surface area contributed by atoms with Gasteiger partial charge in [0.1, 0.15) is 42.4 Å². The Balaban J connectivity index is 2.01. The molecular formula is C41H67NO15. The molecule has 2 fully saturated rings. The molecule has 3 heterocycles. The second-order valence-corrected chi connectivity index (χ2v) is 16.0. The number of aldehydes is 1. The SMILES string of the molecule is CCC(=O)OC1C(C)OC(OC2C(C)OC(O[C@H]3[C@@H](CC=O)C[C@@H](C)[C@H](O)C=CC=CC[C@@H](C)OC(=O)C[C@@H](OC(=O)CC)[C@@H]3OC)C(O)C2N(C)C)CC1(C)O. The molecule has 0 radical (unpaired) electrons. The third-order valence-electron chi connectivity index (χ3n) is 10.9. The lowest BCUT2D eigenvalue weighted by molar-refractivity contribution is -0.344. The van der Waals surface area contributed by atoms with Gasteiger partial charge in [0.05, 0.1) is 36.9 Å². The minimum atomic E-state index is -1.49. The molecule has 326 valence electrons. The Morgan fingerprint density at radius 1 is 0.965 bits per heavy atom. The number of hydrogen-bond acceptors (Lipinski definition) is 16. The van der Waals surface area contributed by atoms with Crippen molar-refractivity contribution in [3.05, 3.63) is 24.3 Å². The van der Waals surface area contributed by atoms with E-state index in [4.69, 9.17) is 37.9 Å². The normalized spacial score (nSPS) is 40.0. The van der Waals surface area contributed by atoms with Gasteiger partial charge in [0.25, 0.3) is 0 Å². The van der Waals surface area contributed by atoms with Crippen LogP contribution in [0.15, 0.2) is 24.3 Å². The summed E-state index contributed by atoms with van der Waals surface area (Å²) in [5.41, 5.74) is -1.49. The van der Waals surface area contributed by atoms with E-state index in [1.165, 1.54) is 7.11 Å². The van der Waals surface area contributed by atoms with Gasteiger partial charge in [-0.15, -0.1) is 0 Å². The van der Waals surface area contributed by atoms with Crippen molar-refractivity contribution in [2.24, 2.45) is 11.8 Å². The van der Waals surface area contributed by atoms with Crippen LogP contribution in [0.5, 0.6) is 0 Å². The second-order valence-electron chi connectivity index (χ2n) is 16.0. The Morgan fingerprint density at radius 3 is 2.23 bits per heavy atom. The van der Waals surface area contributed by atoms with Gasteiger partial charge in [-0.3, -0.25) is 14.4 Å². The summed E-state index contributed by atoms with van der Waals surface area (Å²) in [7, 11) is 4.86. The minimum absolute atomic E-state index is 0.000633. The molecule has 16 atom stereocenters. The summed E-state index contributed by atoms with van der Waals surface area (Å²) in [5.74, 6) is -2.82. The number of nitrogens with zero attached hydrogens (tertiary/aromatic N) is 1. The molecule has 2 saturated heterocycles. The number of carbonyl (C=O) groups is 4. The van der Waals surface area contributed by atoms with Crippen LogP contribution in [-0.2, 0) is 57.1 Å². The van der Waals surface area contributed by atoms with E-state index in [2.05, 4.69) is 0 Å². The quantitative estimate of drug-likeness (QED) is 0.147. The lowest BCUT2D eigenvalue weighted by Gasteiger charge is -2.50. The third kappa shape index (κ3) is 13.6. The first kappa shape index (κ1) is 48.6. The maximum Gasteiger partial charge on any atom is 0.309 e. The molecule has 9 unspecified atom stereocenters. The number of cyclic esters (lactones) is 1. The van der Waals surface area contributed by atoms with Crippen molar-refractivity contribution in [1.82, 2.24) is 4.90 Å². The predicted molar refractivity (Wildman–Crippen MR) is 205 cm³/mol. The van der Waals surface area contributed by atoms with Crippen molar-refractivity contribution in [2.45, 2.75) is 179 Å². The molecule has 3 N–H and O–H groups in total. The molecule has 16 nitrogen and oxygen atoms in total. The van der Waals surface area contributed by atoms with E-state index < -0.39 is 121 Å². The highest BCUT2D eigenvalue weighted by atomic mass is 16.7. The van der Waals surface area contributed by atoms with Crippen molar-refractivity contribution >= 4 is 24.2 Å². The molecule has 3 aliphatic heterocycles. The topological polar surface area (TPSA) is 206 Å². The number of likely N-dealkylation sites (N-methyl/N-ethyl adjacent to an activating group) is 1. The molecule has 0 saturated carbocycles. The molecule has 0 aromatic rings. The van der Waals surface area contributed by atoms with Gasteiger partial charge in [0, 0.05) is 39.2 Å². The molecule has 0 amide bonds. The summed E-state index contributed by atoms with van der Waals surface area (Å²) in [5, 5.41) is 34.5. The maximum absolute atomic E-state index is 13.3. The van der Waals surface area contributed by atoms with Gasteiger partial charge >= 0.3 is 17.9 Å². The molecule has 0 aromatic carbocycles. The van der Waals surface area contributed by atoms with Gasteiger partial charge in [0.15, 0.2) is 18.7 Å². The lowest BCUT2D eigenvalue weighted by atomic mass is 9.82. The molecule has 0 spiro atoms. The van der Waals surface area contributed by atoms with E-state index >= 15 is 0 Å². The zero-order valence-corrected chi connectivity index (χ0v) is 35.2. The third-order valence-corrected chi connectivity index (χ3v) is 10.9. The monoisotopic (exact) mass is 813 g/mol. The van der Waals surface area contributed by atoms with Crippen molar-refractivity contribution in [2.75, 3.05) is 21.2 Å². The van der Waals surface area contributed by atoms with Gasteiger partial charge < -0.3 is 62.9 Å². The molecule has 16 heteroatoms. The first-order valence-electron chi connectivity index (χ1n) is 20.1. The molecule has 0 bridgehead atoms. The maximum atomic E-state index is 13.3. The summed E-state index contributed by atoms with van der Waals surface area (Å²) in [6.07, 6.45) is -4.08. The second kappa shape index (κ2) is 22.5. The Bertz CT molecular complexity index is 1350. The first-order chi connectivity index (χ1) is 26.9. The first-order valence-corrected chi connectivity index (χ1v) is 20.1. The van der Waals surface area contributed by atoms with Gasteiger partial charge in [-0.1, -0.05) is 45.1 Å². The van der Waals surface area contributed by atoms with Crippen LogP contribution in [0.25, 0.3) is 0 Å². The Labute approximate surface area is 337 Å². The molecular weight excluding hydrogens is 746 g/mol. The number of aliphatic hydroxyl groups is 3. The number of aliphatic hydroxyl groups excluding tert-OH is 2. The van der Waals surface area contributed by atoms with Crippen LogP contribution >= 0.6 is 0 Å². The Morgan fingerprint density at radius 2 is 1.63 bits per heavy atom. The van der Waals surface area contributed by atoms with Crippen LogP contribution in [0.3, 0.4) is 0 Å². The predicted octanol–water partition coefficient (Wildman–Crippen LogP) is 2.77. The van der Waals surface area contributed by atoms with E-state index in [1.807, 2.05) is 13.0 Å². The van der Waals surface area contributed by atoms with Crippen LogP contribution in [0.4, 0.5) is 0 Å². The number of rotatable bonds is 12. The molecule has 0 aliphatic carbocycles. The Kier molecular flexibility index (Phi) is 19.2. The van der Waals surface area contributed by atoms with Crippen LogP contribution in [0.1, 0.15) is 93.4 Å². The van der Waals surface area contributed by atoms with E-state index in [0.29, 0.717) is 12.7 Å². The summed E-state index contributed by atoms with van der Waals surface area (Å²) in [4.78, 5) is 52.3. The fourth-order valence-corrected chi connectivity index (χ4v) is 7.82. The van der Waals surface area contributed by atoms with Crippen molar-refractivity contribution in [3.63, 3.8) is 0 Å². The highest BCUT2D eigenvalue weighted by Crippen LogP contribution is 2.37. The number of methoxy groups -OCH3 is 1. The molecule has 3 aliphatic rings. The summed E-state index contributed by atoms with van der Waals surface area (Å²) >= 11 is 0. The number of esters is 3. The van der Waals surface area contributed by atoms with Gasteiger partial charge in [-0.2, -0.15) is 0 Å². The van der Waals surface area contributed by atoms with Gasteiger partial charge in [0.2, 0.25) is 0 Å². The number of carbonyl (C=O) groups excluding carboxylic acids is 4.